The van der Waals surface area contributed by atoms with Gasteiger partial charge < -0.3 is 20.1 Å². The molecule has 1 aliphatic rings. The lowest BCUT2D eigenvalue weighted by atomic mass is 10.0. The maximum atomic E-state index is 11.7. The van der Waals surface area contributed by atoms with E-state index in [1.54, 1.807) is 6.07 Å². The molecule has 0 saturated carbocycles. The van der Waals surface area contributed by atoms with Crippen molar-refractivity contribution in [3.05, 3.63) is 23.8 Å². The van der Waals surface area contributed by atoms with Gasteiger partial charge in [-0.25, -0.2) is 4.79 Å². The second kappa shape index (κ2) is 6.61. The van der Waals surface area contributed by atoms with Gasteiger partial charge in [0.25, 0.3) is 0 Å². The lowest BCUT2D eigenvalue weighted by Crippen LogP contribution is -2.40. The van der Waals surface area contributed by atoms with Gasteiger partial charge in [0.05, 0.1) is 30.2 Å². The van der Waals surface area contributed by atoms with E-state index in [1.165, 1.54) is 7.11 Å². The predicted molar refractivity (Wildman–Crippen MR) is 79.1 cm³/mol. The van der Waals surface area contributed by atoms with E-state index in [0.717, 1.165) is 38.2 Å². The first-order chi connectivity index (χ1) is 9.67. The molecule has 1 heterocycles. The van der Waals surface area contributed by atoms with Crippen molar-refractivity contribution in [2.24, 2.45) is 0 Å². The highest BCUT2D eigenvalue weighted by atomic mass is 16.5. The molecule has 0 aliphatic carbocycles. The molecule has 1 aliphatic heterocycles. The molecule has 20 heavy (non-hydrogen) atoms. The van der Waals surface area contributed by atoms with Gasteiger partial charge in [-0.2, -0.15) is 0 Å². The van der Waals surface area contributed by atoms with Gasteiger partial charge in [-0.05, 0) is 31.9 Å². The standard InChI is InChI=1S/C15H22N2O3/c1-3-20-11-6-5-9-17(10-11)13-8-4-7-12(14(13)16)15(18)19-2/h4,7-8,11H,3,5-6,9-10,16H2,1-2H3. The summed E-state index contributed by atoms with van der Waals surface area (Å²) in [6.07, 6.45) is 2.36. The first-order valence-corrected chi connectivity index (χ1v) is 7.00. The van der Waals surface area contributed by atoms with Crippen molar-refractivity contribution in [3.8, 4) is 0 Å². The summed E-state index contributed by atoms with van der Waals surface area (Å²) in [7, 11) is 1.36. The Labute approximate surface area is 119 Å². The molecule has 0 amide bonds. The number of anilines is 2. The normalized spacial score (nSPS) is 18.9. The number of nitrogen functional groups attached to an aromatic ring is 1. The first-order valence-electron chi connectivity index (χ1n) is 7.00. The fourth-order valence-corrected chi connectivity index (χ4v) is 2.65. The molecule has 1 atom stereocenters. The zero-order valence-corrected chi connectivity index (χ0v) is 12.1. The third kappa shape index (κ3) is 3.04. The number of piperidine rings is 1. The SMILES string of the molecule is CCOC1CCCN(c2cccc(C(=O)OC)c2N)C1. The van der Waals surface area contributed by atoms with Crippen molar-refractivity contribution in [3.63, 3.8) is 0 Å². The monoisotopic (exact) mass is 278 g/mol. The molecule has 0 aromatic heterocycles. The zero-order valence-electron chi connectivity index (χ0n) is 12.1. The largest absolute Gasteiger partial charge is 0.465 e. The number of nitrogens with zero attached hydrogens (tertiary/aromatic N) is 1. The van der Waals surface area contributed by atoms with Crippen LogP contribution in [0, 0.1) is 0 Å². The van der Waals surface area contributed by atoms with Crippen molar-refractivity contribution in [1.29, 1.82) is 0 Å². The Morgan fingerprint density at radius 1 is 1.50 bits per heavy atom. The number of hydrogen-bond donors (Lipinski definition) is 1. The maximum Gasteiger partial charge on any atom is 0.340 e. The second-order valence-corrected chi connectivity index (χ2v) is 4.90. The molecule has 1 aromatic carbocycles. The van der Waals surface area contributed by atoms with Gasteiger partial charge in [0.2, 0.25) is 0 Å². The Hall–Kier alpha value is -1.75. The Bertz CT molecular complexity index is 474. The van der Waals surface area contributed by atoms with E-state index >= 15 is 0 Å². The molecule has 0 spiro atoms. The van der Waals surface area contributed by atoms with Crippen LogP contribution >= 0.6 is 0 Å². The fraction of sp³-hybridized carbons (Fsp3) is 0.533. The predicted octanol–water partition coefficient (Wildman–Crippen LogP) is 2.06. The molecule has 1 unspecified atom stereocenters. The Balaban J connectivity index is 2.22. The second-order valence-electron chi connectivity index (χ2n) is 4.90. The highest BCUT2D eigenvalue weighted by Crippen LogP contribution is 2.30. The molecule has 5 heteroatoms. The van der Waals surface area contributed by atoms with E-state index < -0.39 is 5.97 Å². The van der Waals surface area contributed by atoms with Crippen LogP contribution in [0.1, 0.15) is 30.1 Å². The Morgan fingerprint density at radius 2 is 2.30 bits per heavy atom. The van der Waals surface area contributed by atoms with Gasteiger partial charge in [-0.1, -0.05) is 6.07 Å². The van der Waals surface area contributed by atoms with Crippen molar-refractivity contribution < 1.29 is 14.3 Å². The van der Waals surface area contributed by atoms with Crippen molar-refractivity contribution in [2.45, 2.75) is 25.9 Å². The number of carbonyl (C=O) groups excluding carboxylic acids is 1. The number of nitrogens with two attached hydrogens (primary N) is 1. The summed E-state index contributed by atoms with van der Waals surface area (Å²) < 4.78 is 10.5. The number of ether oxygens (including phenoxy) is 2. The highest BCUT2D eigenvalue weighted by molar-refractivity contribution is 5.98. The van der Waals surface area contributed by atoms with Gasteiger partial charge in [-0.3, -0.25) is 0 Å². The number of para-hydroxylation sites is 1. The molecule has 1 aromatic rings. The van der Waals surface area contributed by atoms with Gasteiger partial charge in [0.1, 0.15) is 0 Å². The smallest absolute Gasteiger partial charge is 0.340 e. The number of carbonyl (C=O) groups is 1. The minimum absolute atomic E-state index is 0.231. The summed E-state index contributed by atoms with van der Waals surface area (Å²) in [6, 6.07) is 5.47. The number of methoxy groups -OCH3 is 1. The number of hydrogen-bond acceptors (Lipinski definition) is 5. The molecule has 1 saturated heterocycles. The van der Waals surface area contributed by atoms with Crippen LogP contribution in [0.25, 0.3) is 0 Å². The Kier molecular flexibility index (Phi) is 4.84. The molecular weight excluding hydrogens is 256 g/mol. The molecular formula is C15H22N2O3. The third-order valence-electron chi connectivity index (χ3n) is 3.61. The van der Waals surface area contributed by atoms with Gasteiger partial charge >= 0.3 is 5.97 Å². The first kappa shape index (κ1) is 14.7. The molecule has 1 fully saturated rings. The van der Waals surface area contributed by atoms with E-state index in [1.807, 2.05) is 19.1 Å². The molecule has 110 valence electrons. The number of rotatable bonds is 4. The minimum atomic E-state index is -0.400. The van der Waals surface area contributed by atoms with E-state index in [0.29, 0.717) is 11.3 Å². The third-order valence-corrected chi connectivity index (χ3v) is 3.61. The minimum Gasteiger partial charge on any atom is -0.465 e. The highest BCUT2D eigenvalue weighted by Gasteiger charge is 2.23. The van der Waals surface area contributed by atoms with Crippen LogP contribution in [-0.2, 0) is 9.47 Å². The summed E-state index contributed by atoms with van der Waals surface area (Å²) in [6.45, 7) is 4.46. The summed E-state index contributed by atoms with van der Waals surface area (Å²) in [5.74, 6) is -0.400. The molecule has 5 nitrogen and oxygen atoms in total. The summed E-state index contributed by atoms with van der Waals surface area (Å²) >= 11 is 0. The zero-order chi connectivity index (χ0) is 14.5. The molecule has 2 rings (SSSR count). The topological polar surface area (TPSA) is 64.8 Å². The van der Waals surface area contributed by atoms with Crippen LogP contribution in [-0.4, -0.2) is 38.9 Å². The van der Waals surface area contributed by atoms with Crippen LogP contribution in [0.15, 0.2) is 18.2 Å². The quantitative estimate of drug-likeness (QED) is 0.674. The molecule has 0 bridgehead atoms. The van der Waals surface area contributed by atoms with E-state index in [4.69, 9.17) is 15.2 Å². The average molecular weight is 278 g/mol. The van der Waals surface area contributed by atoms with E-state index in [9.17, 15) is 4.79 Å². The van der Waals surface area contributed by atoms with Crippen LogP contribution in [0.3, 0.4) is 0 Å². The van der Waals surface area contributed by atoms with Crippen molar-refractivity contribution >= 4 is 17.3 Å². The Morgan fingerprint density at radius 3 is 3.00 bits per heavy atom. The fourth-order valence-electron chi connectivity index (χ4n) is 2.65. The van der Waals surface area contributed by atoms with Gasteiger partial charge in [0.15, 0.2) is 0 Å². The lowest BCUT2D eigenvalue weighted by Gasteiger charge is -2.35. The molecule has 0 radical (unpaired) electrons. The summed E-state index contributed by atoms with van der Waals surface area (Å²) in [4.78, 5) is 13.9. The van der Waals surface area contributed by atoms with E-state index in [2.05, 4.69) is 4.90 Å². The van der Waals surface area contributed by atoms with Crippen molar-refractivity contribution in [1.82, 2.24) is 0 Å². The number of benzene rings is 1. The average Bonchev–Trinajstić information content (AvgIpc) is 2.47. The lowest BCUT2D eigenvalue weighted by molar-refractivity contribution is 0.0527. The van der Waals surface area contributed by atoms with Gasteiger partial charge in [0, 0.05) is 19.7 Å². The molecule has 2 N–H and O–H groups in total. The van der Waals surface area contributed by atoms with Crippen LogP contribution < -0.4 is 10.6 Å². The number of esters is 1. The van der Waals surface area contributed by atoms with Gasteiger partial charge in [-0.15, -0.1) is 0 Å². The maximum absolute atomic E-state index is 11.7. The van der Waals surface area contributed by atoms with Crippen LogP contribution in [0.4, 0.5) is 11.4 Å². The van der Waals surface area contributed by atoms with Crippen molar-refractivity contribution in [2.75, 3.05) is 37.4 Å². The van der Waals surface area contributed by atoms with E-state index in [-0.39, 0.29) is 6.10 Å². The summed E-state index contributed by atoms with van der Waals surface area (Å²) in [5, 5.41) is 0. The van der Waals surface area contributed by atoms with Crippen LogP contribution in [0.5, 0.6) is 0 Å². The van der Waals surface area contributed by atoms with Crippen LogP contribution in [0.2, 0.25) is 0 Å². The summed E-state index contributed by atoms with van der Waals surface area (Å²) in [5.41, 5.74) is 7.92.